The van der Waals surface area contributed by atoms with Crippen LogP contribution in [0.1, 0.15) is 11.1 Å². The van der Waals surface area contributed by atoms with Gasteiger partial charge in [0.1, 0.15) is 0 Å². The molecule has 0 saturated carbocycles. The molecule has 0 bridgehead atoms. The zero-order valence-corrected chi connectivity index (χ0v) is 5.67. The molecule has 49 valence electrons. The Bertz CT molecular complexity index is 258. The summed E-state index contributed by atoms with van der Waals surface area (Å²) in [6.45, 7) is 3.72. The first-order valence-corrected chi connectivity index (χ1v) is 3.15. The highest BCUT2D eigenvalue weighted by Crippen LogP contribution is 2.03. The minimum atomic E-state index is 0.709. The van der Waals surface area contributed by atoms with E-state index >= 15 is 0 Å². The quantitative estimate of drug-likeness (QED) is 0.569. The van der Waals surface area contributed by atoms with Gasteiger partial charge in [-0.2, -0.15) is 5.26 Å². The lowest BCUT2D eigenvalue weighted by Crippen LogP contribution is -1.80. The van der Waals surface area contributed by atoms with E-state index in [4.69, 9.17) is 5.26 Å². The zero-order chi connectivity index (χ0) is 7.40. The molecule has 0 aliphatic rings. The van der Waals surface area contributed by atoms with Crippen LogP contribution in [0.3, 0.4) is 0 Å². The van der Waals surface area contributed by atoms with E-state index in [1.165, 1.54) is 0 Å². The van der Waals surface area contributed by atoms with E-state index in [1.807, 2.05) is 18.2 Å². The summed E-state index contributed by atoms with van der Waals surface area (Å²) < 4.78 is 0. The normalized spacial score (nSPS) is 8.80. The van der Waals surface area contributed by atoms with Crippen molar-refractivity contribution in [3.8, 4) is 6.07 Å². The highest BCUT2D eigenvalue weighted by atomic mass is 14.2. The van der Waals surface area contributed by atoms with Crippen molar-refractivity contribution in [2.45, 2.75) is 6.42 Å². The lowest BCUT2D eigenvalue weighted by atomic mass is 10.1. The topological polar surface area (TPSA) is 23.8 Å². The van der Waals surface area contributed by atoms with Crippen LogP contribution in [0, 0.1) is 18.3 Å². The van der Waals surface area contributed by atoms with E-state index in [0.717, 1.165) is 12.0 Å². The predicted molar refractivity (Wildman–Crippen MR) is 40.2 cm³/mol. The molecule has 1 nitrogen and oxygen atoms in total. The van der Waals surface area contributed by atoms with Crippen molar-refractivity contribution in [1.29, 1.82) is 5.26 Å². The van der Waals surface area contributed by atoms with Crippen LogP contribution in [0.2, 0.25) is 0 Å². The van der Waals surface area contributed by atoms with Gasteiger partial charge in [0, 0.05) is 0 Å². The molecular formula is C9H8N. The number of hydrogen-bond donors (Lipinski definition) is 0. The van der Waals surface area contributed by atoms with Gasteiger partial charge in [-0.25, -0.2) is 0 Å². The Hall–Kier alpha value is -1.29. The van der Waals surface area contributed by atoms with Gasteiger partial charge >= 0.3 is 0 Å². The smallest absolute Gasteiger partial charge is 0.0991 e. The van der Waals surface area contributed by atoms with Crippen molar-refractivity contribution in [1.82, 2.24) is 0 Å². The van der Waals surface area contributed by atoms with Gasteiger partial charge in [-0.05, 0) is 31.0 Å². The summed E-state index contributed by atoms with van der Waals surface area (Å²) in [4.78, 5) is 0. The van der Waals surface area contributed by atoms with Crippen molar-refractivity contribution >= 4 is 0 Å². The summed E-state index contributed by atoms with van der Waals surface area (Å²) in [5.41, 5.74) is 1.82. The molecule has 10 heavy (non-hydrogen) atoms. The maximum absolute atomic E-state index is 8.49. The molecule has 0 spiro atoms. The van der Waals surface area contributed by atoms with Crippen LogP contribution < -0.4 is 0 Å². The summed E-state index contributed by atoms with van der Waals surface area (Å²) in [6, 6.07) is 9.56. The minimum absolute atomic E-state index is 0.709. The number of rotatable bonds is 1. The maximum Gasteiger partial charge on any atom is 0.0991 e. The Balaban J connectivity index is 3.01. The van der Waals surface area contributed by atoms with Gasteiger partial charge in [0.25, 0.3) is 0 Å². The molecule has 1 rings (SSSR count). The van der Waals surface area contributed by atoms with Crippen LogP contribution in [0.15, 0.2) is 24.3 Å². The molecule has 1 aromatic carbocycles. The summed E-state index contributed by atoms with van der Waals surface area (Å²) in [7, 11) is 0. The summed E-state index contributed by atoms with van der Waals surface area (Å²) in [5.74, 6) is 0. The minimum Gasteiger partial charge on any atom is -0.192 e. The molecule has 0 aromatic heterocycles. The molecule has 1 heteroatoms. The maximum atomic E-state index is 8.49. The molecule has 0 aliphatic carbocycles. The van der Waals surface area contributed by atoms with Crippen molar-refractivity contribution in [2.24, 2.45) is 0 Å². The van der Waals surface area contributed by atoms with E-state index in [0.29, 0.717) is 5.56 Å². The van der Waals surface area contributed by atoms with Crippen LogP contribution in [0.25, 0.3) is 0 Å². The van der Waals surface area contributed by atoms with E-state index in [2.05, 4.69) is 13.0 Å². The van der Waals surface area contributed by atoms with E-state index < -0.39 is 0 Å². The van der Waals surface area contributed by atoms with Crippen molar-refractivity contribution in [3.05, 3.63) is 42.3 Å². The third-order valence-electron chi connectivity index (χ3n) is 1.34. The second kappa shape index (κ2) is 3.03. The number of nitriles is 1. The summed E-state index contributed by atoms with van der Waals surface area (Å²) in [5, 5.41) is 8.49. The number of benzene rings is 1. The van der Waals surface area contributed by atoms with Crippen LogP contribution >= 0.6 is 0 Å². The standard InChI is InChI=1S/C9H8N/c1-2-8-4-3-5-9(6-8)7-10/h3-6H,1-2H2. The second-order valence-electron chi connectivity index (χ2n) is 2.06. The van der Waals surface area contributed by atoms with Crippen LogP contribution in [-0.4, -0.2) is 0 Å². The van der Waals surface area contributed by atoms with Gasteiger partial charge in [0.2, 0.25) is 0 Å². The molecule has 1 aromatic rings. The van der Waals surface area contributed by atoms with Gasteiger partial charge in [-0.1, -0.05) is 12.1 Å². The lowest BCUT2D eigenvalue weighted by molar-refractivity contribution is 1.26. The third kappa shape index (κ3) is 1.35. The average Bonchev–Trinajstić information content (AvgIpc) is 2.05. The van der Waals surface area contributed by atoms with Crippen molar-refractivity contribution in [2.75, 3.05) is 0 Å². The molecule has 0 amide bonds. The first-order valence-electron chi connectivity index (χ1n) is 3.15. The molecule has 0 aliphatic heterocycles. The molecule has 0 N–H and O–H groups in total. The third-order valence-corrected chi connectivity index (χ3v) is 1.34. The first-order chi connectivity index (χ1) is 4.86. The Morgan fingerprint density at radius 2 is 2.30 bits per heavy atom. The van der Waals surface area contributed by atoms with Gasteiger partial charge < -0.3 is 0 Å². The summed E-state index contributed by atoms with van der Waals surface area (Å²) in [6.07, 6.45) is 0.746. The molecule has 0 saturated heterocycles. The number of hydrogen-bond acceptors (Lipinski definition) is 1. The fourth-order valence-electron chi connectivity index (χ4n) is 0.796. The van der Waals surface area contributed by atoms with Gasteiger partial charge in [0.15, 0.2) is 0 Å². The van der Waals surface area contributed by atoms with E-state index in [1.54, 1.807) is 6.07 Å². The monoisotopic (exact) mass is 130 g/mol. The molecule has 1 radical (unpaired) electrons. The van der Waals surface area contributed by atoms with Gasteiger partial charge in [-0.15, -0.1) is 0 Å². The molecular weight excluding hydrogens is 122 g/mol. The first kappa shape index (κ1) is 6.82. The van der Waals surface area contributed by atoms with Gasteiger partial charge in [0.05, 0.1) is 11.6 Å². The SMILES string of the molecule is [CH2]Cc1cccc(C#N)c1. The zero-order valence-electron chi connectivity index (χ0n) is 5.67. The Labute approximate surface area is 60.9 Å². The Kier molecular flexibility index (Phi) is 2.07. The van der Waals surface area contributed by atoms with E-state index in [-0.39, 0.29) is 0 Å². The van der Waals surface area contributed by atoms with Gasteiger partial charge in [-0.3, -0.25) is 0 Å². The highest BCUT2D eigenvalue weighted by Gasteiger charge is 1.89. The number of nitrogens with zero attached hydrogens (tertiary/aromatic N) is 1. The molecule has 0 unspecified atom stereocenters. The largest absolute Gasteiger partial charge is 0.192 e. The van der Waals surface area contributed by atoms with Crippen molar-refractivity contribution < 1.29 is 0 Å². The second-order valence-corrected chi connectivity index (χ2v) is 2.06. The molecule has 0 atom stereocenters. The molecule has 0 heterocycles. The van der Waals surface area contributed by atoms with Crippen molar-refractivity contribution in [3.63, 3.8) is 0 Å². The van der Waals surface area contributed by atoms with E-state index in [9.17, 15) is 0 Å². The molecule has 0 fully saturated rings. The Morgan fingerprint density at radius 1 is 1.50 bits per heavy atom. The summed E-state index contributed by atoms with van der Waals surface area (Å²) >= 11 is 0. The average molecular weight is 130 g/mol. The van der Waals surface area contributed by atoms with Crippen LogP contribution in [0.5, 0.6) is 0 Å². The van der Waals surface area contributed by atoms with Crippen LogP contribution in [0.4, 0.5) is 0 Å². The fraction of sp³-hybridized carbons (Fsp3) is 0.111. The Morgan fingerprint density at radius 3 is 2.90 bits per heavy atom. The predicted octanol–water partition coefficient (Wildman–Crippen LogP) is 1.93. The van der Waals surface area contributed by atoms with Crippen LogP contribution in [-0.2, 0) is 6.42 Å². The lowest BCUT2D eigenvalue weighted by Gasteiger charge is -1.93. The highest BCUT2D eigenvalue weighted by molar-refractivity contribution is 5.32. The fourth-order valence-corrected chi connectivity index (χ4v) is 0.796.